The van der Waals surface area contributed by atoms with Crippen molar-refractivity contribution in [3.05, 3.63) is 41.5 Å². The van der Waals surface area contributed by atoms with Gasteiger partial charge in [-0.05, 0) is 23.8 Å². The van der Waals surface area contributed by atoms with Crippen LogP contribution >= 0.6 is 0 Å². The normalized spacial score (nSPS) is 19.3. The van der Waals surface area contributed by atoms with Gasteiger partial charge in [-0.1, -0.05) is 12.2 Å². The van der Waals surface area contributed by atoms with Gasteiger partial charge in [0.2, 0.25) is 0 Å². The number of hydroxylamine groups is 2. The molecular weight excluding hydrogens is 284 g/mol. The Labute approximate surface area is 128 Å². The minimum absolute atomic E-state index is 0.299. The number of aliphatic imine (C=N–C) groups is 1. The van der Waals surface area contributed by atoms with Crippen LogP contribution in [0.2, 0.25) is 0 Å². The van der Waals surface area contributed by atoms with Crippen LogP contribution in [0.1, 0.15) is 22.3 Å². The number of anilines is 1. The van der Waals surface area contributed by atoms with Crippen molar-refractivity contribution < 1.29 is 15.1 Å². The maximum Gasteiger partial charge on any atom is 0.335 e. The third kappa shape index (κ3) is 3.10. The van der Waals surface area contributed by atoms with Crippen molar-refractivity contribution in [3.63, 3.8) is 0 Å². The van der Waals surface area contributed by atoms with Crippen LogP contribution < -0.4 is 5.43 Å². The van der Waals surface area contributed by atoms with E-state index in [1.54, 1.807) is 18.2 Å². The Hall–Kier alpha value is -2.38. The van der Waals surface area contributed by atoms with Crippen molar-refractivity contribution in [2.75, 3.05) is 25.1 Å². The molecule has 7 nitrogen and oxygen atoms in total. The number of rotatable bonds is 4. The molecule has 1 aromatic rings. The van der Waals surface area contributed by atoms with Gasteiger partial charge >= 0.3 is 5.97 Å². The number of nitrogens with one attached hydrogen (secondary N) is 1. The van der Waals surface area contributed by atoms with Gasteiger partial charge in [-0.25, -0.2) is 14.9 Å². The molecule has 1 aromatic carbocycles. The van der Waals surface area contributed by atoms with Crippen molar-refractivity contribution in [2.24, 2.45) is 4.99 Å². The molecule has 2 heterocycles. The van der Waals surface area contributed by atoms with Gasteiger partial charge in [-0.15, -0.1) is 0 Å². The molecule has 0 saturated carbocycles. The van der Waals surface area contributed by atoms with Gasteiger partial charge in [-0.2, -0.15) is 0 Å². The summed E-state index contributed by atoms with van der Waals surface area (Å²) in [6.07, 6.45) is 4.53. The summed E-state index contributed by atoms with van der Waals surface area (Å²) in [4.78, 5) is 15.4. The fraction of sp³-hybridized carbons (Fsp3) is 0.333. The highest BCUT2D eigenvalue weighted by Crippen LogP contribution is 2.25. The molecule has 0 spiro atoms. The molecule has 0 aromatic heterocycles. The summed E-state index contributed by atoms with van der Waals surface area (Å²) in [5, 5.41) is 21.8. The minimum Gasteiger partial charge on any atom is -0.478 e. The van der Waals surface area contributed by atoms with Gasteiger partial charge in [-0.3, -0.25) is 10.2 Å². The van der Waals surface area contributed by atoms with E-state index in [4.69, 9.17) is 5.11 Å². The largest absolute Gasteiger partial charge is 0.478 e. The predicted molar refractivity (Wildman–Crippen MR) is 82.0 cm³/mol. The molecule has 0 amide bonds. The number of nitrogens with zero attached hydrogens (tertiary/aromatic N) is 3. The van der Waals surface area contributed by atoms with Crippen molar-refractivity contribution in [1.82, 2.24) is 10.1 Å². The van der Waals surface area contributed by atoms with Gasteiger partial charge in [0, 0.05) is 19.5 Å². The summed E-state index contributed by atoms with van der Waals surface area (Å²) in [5.74, 6) is -0.242. The van der Waals surface area contributed by atoms with Crippen LogP contribution in [0.25, 0.3) is 0 Å². The van der Waals surface area contributed by atoms with Crippen LogP contribution in [0.4, 0.5) is 5.69 Å². The van der Waals surface area contributed by atoms with E-state index in [0.717, 1.165) is 16.3 Å². The topological polar surface area (TPSA) is 88.4 Å². The lowest BCUT2D eigenvalue weighted by Gasteiger charge is -2.20. The third-order valence-electron chi connectivity index (χ3n) is 3.70. The predicted octanol–water partition coefficient (Wildman–Crippen LogP) is 1.58. The number of aromatic carboxylic acids is 1. The Kier molecular flexibility index (Phi) is 4.08. The van der Waals surface area contributed by atoms with Crippen molar-refractivity contribution in [1.29, 1.82) is 0 Å². The van der Waals surface area contributed by atoms with Crippen LogP contribution in [0.5, 0.6) is 0 Å². The number of carboxylic acids is 1. The first-order chi connectivity index (χ1) is 10.6. The lowest BCUT2D eigenvalue weighted by atomic mass is 10.1. The molecule has 0 aliphatic carbocycles. The number of benzene rings is 1. The Morgan fingerprint density at radius 1 is 1.36 bits per heavy atom. The lowest BCUT2D eigenvalue weighted by molar-refractivity contribution is -0.00675. The number of carbonyl (C=O) groups is 1. The highest BCUT2D eigenvalue weighted by Gasteiger charge is 2.19. The molecule has 0 unspecified atom stereocenters. The summed E-state index contributed by atoms with van der Waals surface area (Å²) in [6, 6.07) is 5.07. The molecular formula is C15H18N4O3. The van der Waals surface area contributed by atoms with Crippen LogP contribution in [0, 0.1) is 0 Å². The monoisotopic (exact) mass is 302 g/mol. The maximum absolute atomic E-state index is 11.0. The van der Waals surface area contributed by atoms with Crippen molar-refractivity contribution in [3.8, 4) is 0 Å². The summed E-state index contributed by atoms with van der Waals surface area (Å²) in [5.41, 5.74) is 5.43. The smallest absolute Gasteiger partial charge is 0.335 e. The first-order valence-corrected chi connectivity index (χ1v) is 7.16. The first kappa shape index (κ1) is 14.6. The second kappa shape index (κ2) is 6.17. The molecule has 0 saturated heterocycles. The highest BCUT2D eigenvalue weighted by molar-refractivity contribution is 5.88. The molecule has 3 N–H and O–H groups in total. The molecule has 2 aliphatic heterocycles. The number of carboxylic acid groups (broad SMARTS) is 1. The van der Waals surface area contributed by atoms with Gasteiger partial charge in [0.25, 0.3) is 0 Å². The molecule has 7 heteroatoms. The lowest BCUT2D eigenvalue weighted by Crippen LogP contribution is -2.31. The highest BCUT2D eigenvalue weighted by atomic mass is 16.5. The van der Waals surface area contributed by atoms with E-state index in [1.807, 2.05) is 17.2 Å². The zero-order chi connectivity index (χ0) is 15.5. The van der Waals surface area contributed by atoms with Crippen LogP contribution in [-0.2, 0) is 6.54 Å². The molecule has 0 radical (unpaired) electrons. The van der Waals surface area contributed by atoms with Crippen molar-refractivity contribution >= 4 is 17.5 Å². The van der Waals surface area contributed by atoms with Crippen molar-refractivity contribution in [2.45, 2.75) is 13.0 Å². The molecule has 0 bridgehead atoms. The zero-order valence-electron chi connectivity index (χ0n) is 12.1. The minimum atomic E-state index is -0.916. The molecule has 116 valence electrons. The Morgan fingerprint density at radius 2 is 2.23 bits per heavy atom. The standard InChI is InChI=1S/C15H18N4O3/c20-15(21)11-4-5-13-12(9-11)10-18(17-13)8-6-16-14-3-1-2-7-19(14)22/h1-2,4-5,9,17,22H,3,6-8,10H2,(H,20,21). The second-order valence-corrected chi connectivity index (χ2v) is 5.27. The van der Waals surface area contributed by atoms with E-state index in [2.05, 4.69) is 10.4 Å². The number of amidine groups is 1. The summed E-state index contributed by atoms with van der Waals surface area (Å²) in [6.45, 7) is 2.36. The van der Waals surface area contributed by atoms with Crippen LogP contribution in [-0.4, -0.2) is 51.8 Å². The van der Waals surface area contributed by atoms with Crippen LogP contribution in [0.3, 0.4) is 0 Å². The molecule has 0 fully saturated rings. The van der Waals surface area contributed by atoms with Gasteiger partial charge in [0.1, 0.15) is 5.84 Å². The molecule has 22 heavy (non-hydrogen) atoms. The second-order valence-electron chi connectivity index (χ2n) is 5.27. The van der Waals surface area contributed by atoms with Crippen LogP contribution in [0.15, 0.2) is 35.3 Å². The average molecular weight is 302 g/mol. The maximum atomic E-state index is 11.0. The third-order valence-corrected chi connectivity index (χ3v) is 3.70. The van der Waals surface area contributed by atoms with E-state index >= 15 is 0 Å². The Balaban J connectivity index is 1.56. The molecule has 0 atom stereocenters. The van der Waals surface area contributed by atoms with E-state index in [0.29, 0.717) is 44.0 Å². The van der Waals surface area contributed by atoms with E-state index in [-0.39, 0.29) is 0 Å². The fourth-order valence-electron chi connectivity index (χ4n) is 2.54. The van der Waals surface area contributed by atoms with E-state index < -0.39 is 5.97 Å². The number of hydrogen-bond acceptors (Lipinski definition) is 5. The average Bonchev–Trinajstić information content (AvgIpc) is 2.90. The quantitative estimate of drug-likeness (QED) is 0.732. The fourth-order valence-corrected chi connectivity index (χ4v) is 2.54. The summed E-state index contributed by atoms with van der Waals surface area (Å²) in [7, 11) is 0. The van der Waals surface area contributed by atoms with E-state index in [9.17, 15) is 10.0 Å². The number of fused-ring (bicyclic) bond motifs is 1. The number of hydrogen-bond donors (Lipinski definition) is 3. The zero-order valence-corrected chi connectivity index (χ0v) is 12.1. The Morgan fingerprint density at radius 3 is 3.00 bits per heavy atom. The van der Waals surface area contributed by atoms with Gasteiger partial charge in [0.05, 0.1) is 24.3 Å². The van der Waals surface area contributed by atoms with Gasteiger partial charge < -0.3 is 10.5 Å². The van der Waals surface area contributed by atoms with Gasteiger partial charge in [0.15, 0.2) is 0 Å². The number of hydrazine groups is 1. The molecule has 3 rings (SSSR count). The summed E-state index contributed by atoms with van der Waals surface area (Å²) >= 11 is 0. The first-order valence-electron chi connectivity index (χ1n) is 7.16. The molecule has 2 aliphatic rings. The SMILES string of the molecule is O=C(O)c1ccc2c(c1)CN(CCN=C1CC=CCN1O)N2. The van der Waals surface area contributed by atoms with E-state index in [1.165, 1.54) is 0 Å². The Bertz CT molecular complexity index is 642. The summed E-state index contributed by atoms with van der Waals surface area (Å²) < 4.78 is 0.